The van der Waals surface area contributed by atoms with Crippen molar-refractivity contribution in [3.63, 3.8) is 0 Å². The third kappa shape index (κ3) is 7.14. The number of hydrogen-bond acceptors (Lipinski definition) is 8. The molecule has 2 heterocycles. The van der Waals surface area contributed by atoms with Crippen LogP contribution < -0.4 is 10.6 Å². The first kappa shape index (κ1) is 25.4. The van der Waals surface area contributed by atoms with E-state index in [9.17, 15) is 9.59 Å². The van der Waals surface area contributed by atoms with E-state index >= 15 is 0 Å². The predicted octanol–water partition coefficient (Wildman–Crippen LogP) is 2.52. The smallest absolute Gasteiger partial charge is 0.407 e. The van der Waals surface area contributed by atoms with Crippen molar-refractivity contribution in [2.24, 2.45) is 0 Å². The summed E-state index contributed by atoms with van der Waals surface area (Å²) in [4.78, 5) is 24.3. The number of methoxy groups -OCH3 is 1. The van der Waals surface area contributed by atoms with E-state index < -0.39 is 41.9 Å². The van der Waals surface area contributed by atoms with Crippen LogP contribution in [0.2, 0.25) is 0 Å². The maximum absolute atomic E-state index is 12.2. The number of ether oxygens (including phenoxy) is 5. The minimum absolute atomic E-state index is 0.104. The number of rotatable bonds is 8. The molecule has 0 unspecified atom stereocenters. The second-order valence-electron chi connectivity index (χ2n) is 9.84. The molecule has 0 radical (unpaired) electrons. The summed E-state index contributed by atoms with van der Waals surface area (Å²) >= 11 is 0. The van der Waals surface area contributed by atoms with Gasteiger partial charge >= 0.3 is 12.1 Å². The van der Waals surface area contributed by atoms with E-state index in [2.05, 4.69) is 10.6 Å². The van der Waals surface area contributed by atoms with Crippen molar-refractivity contribution in [1.29, 1.82) is 0 Å². The lowest BCUT2D eigenvalue weighted by Gasteiger charge is -2.29. The summed E-state index contributed by atoms with van der Waals surface area (Å²) in [5.41, 5.74) is 0.474. The van der Waals surface area contributed by atoms with Crippen molar-refractivity contribution in [2.45, 2.75) is 89.4 Å². The second kappa shape index (κ2) is 10.4. The zero-order valence-electron chi connectivity index (χ0n) is 20.3. The van der Waals surface area contributed by atoms with Gasteiger partial charge in [0, 0.05) is 19.1 Å². The van der Waals surface area contributed by atoms with Gasteiger partial charge in [-0.3, -0.25) is 4.79 Å². The van der Waals surface area contributed by atoms with Crippen LogP contribution in [0.4, 0.5) is 4.79 Å². The maximum Gasteiger partial charge on any atom is 0.407 e. The number of alkyl carbamates (subject to hydrolysis) is 1. The number of fused-ring (bicyclic) bond motifs is 1. The summed E-state index contributed by atoms with van der Waals surface area (Å²) in [6.07, 6.45) is -2.19. The Morgan fingerprint density at radius 3 is 2.42 bits per heavy atom. The van der Waals surface area contributed by atoms with Crippen LogP contribution in [0.5, 0.6) is 0 Å². The van der Waals surface area contributed by atoms with Gasteiger partial charge in [-0.15, -0.1) is 0 Å². The summed E-state index contributed by atoms with van der Waals surface area (Å²) in [7, 11) is 1.36. The Morgan fingerprint density at radius 2 is 1.79 bits per heavy atom. The number of amides is 1. The molecule has 2 N–H and O–H groups in total. The van der Waals surface area contributed by atoms with E-state index in [1.54, 1.807) is 20.8 Å². The number of nitrogens with one attached hydrogen (secondary N) is 2. The SMILES string of the molecule is COC(=O)C[C@@H](NCc1ccccc1)[C@H]1O[C@H](CNC(=O)OC(C)(C)C)[C@H]2OC(C)(C)O[C@@H]12. The van der Waals surface area contributed by atoms with Crippen LogP contribution in [0.25, 0.3) is 0 Å². The van der Waals surface area contributed by atoms with Crippen LogP contribution in [0.3, 0.4) is 0 Å². The number of benzene rings is 1. The van der Waals surface area contributed by atoms with Crippen molar-refractivity contribution >= 4 is 12.1 Å². The van der Waals surface area contributed by atoms with E-state index in [0.29, 0.717) is 6.54 Å². The number of hydrogen-bond donors (Lipinski definition) is 2. The van der Waals surface area contributed by atoms with Gasteiger partial charge < -0.3 is 34.3 Å². The Bertz CT molecular complexity index is 809. The zero-order valence-corrected chi connectivity index (χ0v) is 20.3. The molecule has 2 aliphatic rings. The first-order valence-electron chi connectivity index (χ1n) is 11.3. The first-order chi connectivity index (χ1) is 15.5. The second-order valence-corrected chi connectivity index (χ2v) is 9.84. The molecule has 33 heavy (non-hydrogen) atoms. The molecule has 9 nitrogen and oxygen atoms in total. The largest absolute Gasteiger partial charge is 0.469 e. The standard InChI is InChI=1S/C24H36N2O7/c1-23(2,3)33-22(28)26-14-17-20-21(32-24(4,5)31-20)19(30-17)16(12-18(27)29-6)25-13-15-10-8-7-9-11-15/h7-11,16-17,19-21,25H,12-14H2,1-6H3,(H,26,28)/t16-,17-,19-,20-,21+/m1/s1. The molecule has 5 atom stereocenters. The lowest BCUT2D eigenvalue weighted by molar-refractivity contribution is -0.189. The lowest BCUT2D eigenvalue weighted by Crippen LogP contribution is -2.47. The summed E-state index contributed by atoms with van der Waals surface area (Å²) in [5.74, 6) is -1.16. The van der Waals surface area contributed by atoms with Crippen LogP contribution in [0, 0.1) is 0 Å². The Balaban J connectivity index is 1.73. The minimum atomic E-state index is -0.809. The van der Waals surface area contributed by atoms with Gasteiger partial charge in [-0.05, 0) is 40.2 Å². The van der Waals surface area contributed by atoms with Crippen molar-refractivity contribution in [1.82, 2.24) is 10.6 Å². The van der Waals surface area contributed by atoms with Crippen molar-refractivity contribution < 1.29 is 33.3 Å². The molecule has 184 valence electrons. The van der Waals surface area contributed by atoms with Crippen molar-refractivity contribution in [3.05, 3.63) is 35.9 Å². The Kier molecular flexibility index (Phi) is 8.00. The molecule has 9 heteroatoms. The third-order valence-corrected chi connectivity index (χ3v) is 5.45. The van der Waals surface area contributed by atoms with Gasteiger partial charge in [0.1, 0.15) is 30.0 Å². The monoisotopic (exact) mass is 464 g/mol. The average Bonchev–Trinajstić information content (AvgIpc) is 3.22. The number of esters is 1. The number of carbonyl (C=O) groups is 2. The number of carbonyl (C=O) groups excluding carboxylic acids is 2. The molecule has 2 saturated heterocycles. The molecular weight excluding hydrogens is 428 g/mol. The summed E-state index contributed by atoms with van der Waals surface area (Å²) in [6, 6.07) is 9.51. The molecule has 2 fully saturated rings. The summed E-state index contributed by atoms with van der Waals surface area (Å²) in [6.45, 7) is 9.83. The van der Waals surface area contributed by atoms with Crippen LogP contribution in [-0.2, 0) is 35.0 Å². The molecule has 1 amide bonds. The van der Waals surface area contributed by atoms with Crippen LogP contribution in [0.15, 0.2) is 30.3 Å². The molecule has 0 aromatic heterocycles. The van der Waals surface area contributed by atoms with E-state index in [-0.39, 0.29) is 25.0 Å². The Morgan fingerprint density at radius 1 is 1.12 bits per heavy atom. The van der Waals surface area contributed by atoms with Crippen LogP contribution in [-0.4, -0.2) is 67.6 Å². The summed E-state index contributed by atoms with van der Waals surface area (Å²) in [5, 5.41) is 6.18. The fourth-order valence-electron chi connectivity index (χ4n) is 4.11. The average molecular weight is 465 g/mol. The van der Waals surface area contributed by atoms with Gasteiger partial charge in [-0.1, -0.05) is 30.3 Å². The molecule has 1 aromatic rings. The van der Waals surface area contributed by atoms with Gasteiger partial charge in [0.05, 0.1) is 13.5 Å². The minimum Gasteiger partial charge on any atom is -0.469 e. The van der Waals surface area contributed by atoms with Crippen molar-refractivity contribution in [3.8, 4) is 0 Å². The van der Waals surface area contributed by atoms with Gasteiger partial charge in [-0.25, -0.2) is 4.79 Å². The quantitative estimate of drug-likeness (QED) is 0.566. The van der Waals surface area contributed by atoms with Gasteiger partial charge in [-0.2, -0.15) is 0 Å². The molecule has 0 saturated carbocycles. The fraction of sp³-hybridized carbons (Fsp3) is 0.667. The van der Waals surface area contributed by atoms with E-state index in [4.69, 9.17) is 23.7 Å². The fourth-order valence-corrected chi connectivity index (χ4v) is 4.11. The van der Waals surface area contributed by atoms with Gasteiger partial charge in [0.25, 0.3) is 0 Å². The molecule has 0 aliphatic carbocycles. The van der Waals surface area contributed by atoms with Crippen molar-refractivity contribution in [2.75, 3.05) is 13.7 Å². The van der Waals surface area contributed by atoms with Crippen LogP contribution in [0.1, 0.15) is 46.6 Å². The topological polar surface area (TPSA) is 104 Å². The van der Waals surface area contributed by atoms with Crippen LogP contribution >= 0.6 is 0 Å². The zero-order chi connectivity index (χ0) is 24.2. The Hall–Kier alpha value is -2.20. The van der Waals surface area contributed by atoms with E-state index in [1.165, 1.54) is 7.11 Å². The first-order valence-corrected chi connectivity index (χ1v) is 11.3. The van der Waals surface area contributed by atoms with Gasteiger partial charge in [0.15, 0.2) is 5.79 Å². The molecule has 0 bridgehead atoms. The highest BCUT2D eigenvalue weighted by Crippen LogP contribution is 2.40. The third-order valence-electron chi connectivity index (χ3n) is 5.45. The molecular formula is C24H36N2O7. The van der Waals surface area contributed by atoms with E-state index in [1.807, 2.05) is 44.2 Å². The molecule has 1 aromatic carbocycles. The molecule has 2 aliphatic heterocycles. The lowest BCUT2D eigenvalue weighted by atomic mass is 9.99. The van der Waals surface area contributed by atoms with E-state index in [0.717, 1.165) is 5.56 Å². The summed E-state index contributed by atoms with van der Waals surface area (Å²) < 4.78 is 28.8. The maximum atomic E-state index is 12.2. The predicted molar refractivity (Wildman–Crippen MR) is 120 cm³/mol. The molecule has 3 rings (SSSR count). The highest BCUT2D eigenvalue weighted by molar-refractivity contribution is 5.70. The van der Waals surface area contributed by atoms with Gasteiger partial charge in [0.2, 0.25) is 0 Å². The normalized spacial score (nSPS) is 27.0. The highest BCUT2D eigenvalue weighted by Gasteiger charge is 2.57. The molecule has 0 spiro atoms. The Labute approximate surface area is 195 Å². The highest BCUT2D eigenvalue weighted by atomic mass is 16.8.